The average molecular weight is 471 g/mol. The molecule has 0 saturated carbocycles. The lowest BCUT2D eigenvalue weighted by Crippen LogP contribution is -2.42. The maximum absolute atomic E-state index is 13.5. The predicted molar refractivity (Wildman–Crippen MR) is 131 cm³/mol. The fourth-order valence-electron chi connectivity index (χ4n) is 4.44. The van der Waals surface area contributed by atoms with Gasteiger partial charge in [0.2, 0.25) is 0 Å². The van der Waals surface area contributed by atoms with Crippen molar-refractivity contribution in [3.8, 4) is 11.5 Å². The van der Waals surface area contributed by atoms with E-state index in [1.54, 1.807) is 37.7 Å². The van der Waals surface area contributed by atoms with Crippen molar-refractivity contribution in [1.82, 2.24) is 4.90 Å². The van der Waals surface area contributed by atoms with Crippen molar-refractivity contribution in [2.24, 2.45) is 0 Å². The number of hydrogen-bond donors (Lipinski definition) is 1. The number of nitrogens with zero attached hydrogens (tertiary/aromatic N) is 1. The van der Waals surface area contributed by atoms with Crippen molar-refractivity contribution >= 4 is 34.7 Å². The first-order valence-electron chi connectivity index (χ1n) is 10.6. The summed E-state index contributed by atoms with van der Waals surface area (Å²) < 4.78 is 10.7. The maximum Gasteiger partial charge on any atom is 0.322 e. The van der Waals surface area contributed by atoms with Crippen LogP contribution in [0.5, 0.6) is 11.5 Å². The van der Waals surface area contributed by atoms with Gasteiger partial charge in [-0.2, -0.15) is 0 Å². The highest BCUT2D eigenvalue weighted by Crippen LogP contribution is 2.43. The van der Waals surface area contributed by atoms with E-state index in [0.717, 1.165) is 18.4 Å². The molecular weight excluding hydrogens is 444 g/mol. The molecule has 1 aliphatic heterocycles. The van der Waals surface area contributed by atoms with Gasteiger partial charge in [-0.05, 0) is 42.5 Å². The number of carbonyl (C=O) groups excluding carboxylic acids is 1. The van der Waals surface area contributed by atoms with Gasteiger partial charge < -0.3 is 19.7 Å². The molecule has 5 nitrogen and oxygen atoms in total. The van der Waals surface area contributed by atoms with Crippen LogP contribution in [0.2, 0.25) is 5.02 Å². The molecule has 0 radical (unpaired) electrons. The second-order valence-corrected chi connectivity index (χ2v) is 9.37. The molecule has 0 unspecified atom stereocenters. The van der Waals surface area contributed by atoms with E-state index in [4.69, 9.17) is 21.1 Å². The number of benzene rings is 2. The molecule has 1 aliphatic rings. The summed E-state index contributed by atoms with van der Waals surface area (Å²) in [5.41, 5.74) is 4.44. The molecule has 32 heavy (non-hydrogen) atoms. The second kappa shape index (κ2) is 9.43. The molecule has 2 heterocycles. The lowest BCUT2D eigenvalue weighted by Gasteiger charge is -2.36. The molecule has 1 atom stereocenters. The van der Waals surface area contributed by atoms with Crippen molar-refractivity contribution in [2.45, 2.75) is 32.7 Å². The third kappa shape index (κ3) is 4.05. The highest BCUT2D eigenvalue weighted by Gasteiger charge is 2.35. The maximum atomic E-state index is 13.5. The van der Waals surface area contributed by atoms with Crippen molar-refractivity contribution < 1.29 is 14.3 Å². The molecule has 1 N–H and O–H groups in total. The molecule has 0 spiro atoms. The summed E-state index contributed by atoms with van der Waals surface area (Å²) in [5.74, 6) is 0.987. The molecule has 7 heteroatoms. The zero-order valence-electron chi connectivity index (χ0n) is 18.7. The molecule has 2 amide bonds. The first kappa shape index (κ1) is 22.5. The summed E-state index contributed by atoms with van der Waals surface area (Å²) in [4.78, 5) is 18.0. The number of thiophene rings is 1. The summed E-state index contributed by atoms with van der Waals surface area (Å²) in [6.07, 6.45) is 1.85. The van der Waals surface area contributed by atoms with Crippen molar-refractivity contribution in [3.05, 3.63) is 73.9 Å². The fourth-order valence-corrected chi connectivity index (χ4v) is 6.12. The van der Waals surface area contributed by atoms with Crippen molar-refractivity contribution in [1.29, 1.82) is 0 Å². The van der Waals surface area contributed by atoms with E-state index < -0.39 is 0 Å². The zero-order valence-corrected chi connectivity index (χ0v) is 20.3. The lowest BCUT2D eigenvalue weighted by molar-refractivity contribution is 0.195. The van der Waals surface area contributed by atoms with Crippen LogP contribution in [-0.2, 0) is 12.8 Å². The lowest BCUT2D eigenvalue weighted by atomic mass is 9.92. The van der Waals surface area contributed by atoms with E-state index >= 15 is 0 Å². The minimum Gasteiger partial charge on any atom is -0.495 e. The molecule has 168 valence electrons. The van der Waals surface area contributed by atoms with Crippen LogP contribution in [0.25, 0.3) is 0 Å². The van der Waals surface area contributed by atoms with Crippen LogP contribution in [0.1, 0.15) is 39.4 Å². The summed E-state index contributed by atoms with van der Waals surface area (Å²) >= 11 is 8.11. The number of nitrogens with one attached hydrogen (secondary N) is 1. The van der Waals surface area contributed by atoms with E-state index in [1.165, 1.54) is 20.9 Å². The standard InChI is InChI=1S/C25H27ClN2O3S/c1-5-17-15(2)32-24-18(17)11-12-28(23(24)16-9-7-6-8-10-16)25(29)27-20-13-19(26)21(30-3)14-22(20)31-4/h6-10,13-14,23H,5,11-12H2,1-4H3,(H,27,29)/t23-/m1/s1. The predicted octanol–water partition coefficient (Wildman–Crippen LogP) is 6.47. The van der Waals surface area contributed by atoms with Gasteiger partial charge in [-0.1, -0.05) is 48.9 Å². The van der Waals surface area contributed by atoms with Gasteiger partial charge in [0, 0.05) is 22.4 Å². The van der Waals surface area contributed by atoms with E-state index in [9.17, 15) is 4.79 Å². The summed E-state index contributed by atoms with van der Waals surface area (Å²) in [7, 11) is 3.10. The van der Waals surface area contributed by atoms with Crippen LogP contribution in [-0.4, -0.2) is 31.7 Å². The van der Waals surface area contributed by atoms with Crippen LogP contribution < -0.4 is 14.8 Å². The normalized spacial score (nSPS) is 15.3. The van der Waals surface area contributed by atoms with E-state index in [-0.39, 0.29) is 12.1 Å². The van der Waals surface area contributed by atoms with Crippen molar-refractivity contribution in [3.63, 3.8) is 0 Å². The third-order valence-electron chi connectivity index (χ3n) is 5.96. The van der Waals surface area contributed by atoms with E-state index in [1.807, 2.05) is 23.1 Å². The minimum atomic E-state index is -0.187. The monoisotopic (exact) mass is 470 g/mol. The highest BCUT2D eigenvalue weighted by atomic mass is 35.5. The molecule has 0 saturated heterocycles. The molecule has 3 aromatic rings. The van der Waals surface area contributed by atoms with Gasteiger partial charge in [0.15, 0.2) is 0 Å². The quantitative estimate of drug-likeness (QED) is 0.465. The summed E-state index contributed by atoms with van der Waals surface area (Å²) in [5, 5.41) is 3.42. The molecule has 0 bridgehead atoms. The number of amides is 2. The number of methoxy groups -OCH3 is 2. The van der Waals surface area contributed by atoms with Gasteiger partial charge in [-0.15, -0.1) is 11.3 Å². The Bertz CT molecular complexity index is 1130. The van der Waals surface area contributed by atoms with Gasteiger partial charge in [-0.25, -0.2) is 4.79 Å². The Morgan fingerprint density at radius 3 is 2.56 bits per heavy atom. The van der Waals surface area contributed by atoms with Crippen LogP contribution in [0.4, 0.5) is 10.5 Å². The number of aryl methyl sites for hydroxylation is 1. The molecule has 1 aromatic heterocycles. The largest absolute Gasteiger partial charge is 0.495 e. The average Bonchev–Trinajstić information content (AvgIpc) is 3.13. The van der Waals surface area contributed by atoms with Gasteiger partial charge in [0.25, 0.3) is 0 Å². The second-order valence-electron chi connectivity index (χ2n) is 7.71. The number of rotatable bonds is 5. The first-order chi connectivity index (χ1) is 15.5. The number of fused-ring (bicyclic) bond motifs is 1. The topological polar surface area (TPSA) is 50.8 Å². The first-order valence-corrected chi connectivity index (χ1v) is 11.8. The van der Waals surface area contributed by atoms with Crippen molar-refractivity contribution in [2.75, 3.05) is 26.1 Å². The SMILES string of the molecule is CCc1c(C)sc2c1CCN(C(=O)Nc1cc(Cl)c(OC)cc1OC)[C@@H]2c1ccccc1. The Hall–Kier alpha value is -2.70. The van der Waals surface area contributed by atoms with E-state index in [0.29, 0.717) is 28.8 Å². The molecule has 2 aromatic carbocycles. The Kier molecular flexibility index (Phi) is 6.63. The van der Waals surface area contributed by atoms with Crippen LogP contribution in [0, 0.1) is 6.92 Å². The van der Waals surface area contributed by atoms with Gasteiger partial charge in [0.05, 0.1) is 31.0 Å². The van der Waals surface area contributed by atoms with Gasteiger partial charge in [-0.3, -0.25) is 0 Å². The Balaban J connectivity index is 1.72. The Labute approximate surface area is 197 Å². The fraction of sp³-hybridized carbons (Fsp3) is 0.320. The number of hydrogen-bond acceptors (Lipinski definition) is 4. The third-order valence-corrected chi connectivity index (χ3v) is 7.50. The molecule has 0 aliphatic carbocycles. The summed E-state index contributed by atoms with van der Waals surface area (Å²) in [6, 6.07) is 13.2. The smallest absolute Gasteiger partial charge is 0.322 e. The van der Waals surface area contributed by atoms with Crippen LogP contribution >= 0.6 is 22.9 Å². The minimum absolute atomic E-state index is 0.135. The number of urea groups is 1. The Morgan fingerprint density at radius 2 is 1.91 bits per heavy atom. The van der Waals surface area contributed by atoms with Crippen LogP contribution in [0.3, 0.4) is 0 Å². The van der Waals surface area contributed by atoms with Crippen LogP contribution in [0.15, 0.2) is 42.5 Å². The zero-order chi connectivity index (χ0) is 22.8. The molecular formula is C25H27ClN2O3S. The molecule has 4 rings (SSSR count). The number of carbonyl (C=O) groups is 1. The Morgan fingerprint density at radius 1 is 1.19 bits per heavy atom. The summed E-state index contributed by atoms with van der Waals surface area (Å²) in [6.45, 7) is 5.01. The highest BCUT2D eigenvalue weighted by molar-refractivity contribution is 7.12. The van der Waals surface area contributed by atoms with Gasteiger partial charge in [0.1, 0.15) is 11.5 Å². The number of ether oxygens (including phenoxy) is 2. The number of anilines is 1. The molecule has 0 fully saturated rings. The van der Waals surface area contributed by atoms with Gasteiger partial charge >= 0.3 is 6.03 Å². The number of halogens is 1. The van der Waals surface area contributed by atoms with E-state index in [2.05, 4.69) is 31.3 Å².